The lowest BCUT2D eigenvalue weighted by Gasteiger charge is -2.36. The number of aromatic nitrogens is 2. The molecule has 32 heavy (non-hydrogen) atoms. The molecule has 170 valence electrons. The van der Waals surface area contributed by atoms with Crippen molar-refractivity contribution >= 4 is 33.2 Å². The maximum atomic E-state index is 12.6. The molecule has 1 aliphatic rings. The van der Waals surface area contributed by atoms with E-state index in [4.69, 9.17) is 0 Å². The number of para-hydroxylation sites is 1. The lowest BCUT2D eigenvalue weighted by molar-refractivity contribution is 0.208. The van der Waals surface area contributed by atoms with Crippen molar-refractivity contribution in [3.05, 3.63) is 72.7 Å². The molecule has 0 spiro atoms. The van der Waals surface area contributed by atoms with E-state index in [9.17, 15) is 13.2 Å². The van der Waals surface area contributed by atoms with E-state index in [1.165, 1.54) is 18.6 Å². The van der Waals surface area contributed by atoms with Gasteiger partial charge in [0.25, 0.3) is 10.0 Å². The molecule has 1 aliphatic heterocycles. The highest BCUT2D eigenvalue weighted by atomic mass is 32.2. The zero-order chi connectivity index (χ0) is 22.6. The second-order valence-corrected chi connectivity index (χ2v) is 9.10. The van der Waals surface area contributed by atoms with Gasteiger partial charge in [-0.15, -0.1) is 0 Å². The molecule has 4 rings (SSSR count). The van der Waals surface area contributed by atoms with Gasteiger partial charge in [0.05, 0.1) is 4.90 Å². The molecule has 2 aromatic carbocycles. The third kappa shape index (κ3) is 4.97. The number of carbonyl (C=O) groups is 1. The van der Waals surface area contributed by atoms with Crippen molar-refractivity contribution < 1.29 is 16.1 Å². The van der Waals surface area contributed by atoms with E-state index in [1.54, 1.807) is 29.2 Å². The van der Waals surface area contributed by atoms with Gasteiger partial charge >= 0.3 is 6.03 Å². The summed E-state index contributed by atoms with van der Waals surface area (Å²) in [5.41, 5.74) is 2.74. The predicted molar refractivity (Wildman–Crippen MR) is 127 cm³/mol. The fourth-order valence-electron chi connectivity index (χ4n) is 3.46. The second-order valence-electron chi connectivity index (χ2n) is 7.41. The zero-order valence-electron chi connectivity index (χ0n) is 17.6. The van der Waals surface area contributed by atoms with Crippen molar-refractivity contribution in [2.75, 3.05) is 41.1 Å². The second kappa shape index (κ2) is 9.23. The van der Waals surface area contributed by atoms with Gasteiger partial charge in [-0.1, -0.05) is 18.2 Å². The molecule has 2 amide bonds. The van der Waals surface area contributed by atoms with Gasteiger partial charge in [-0.3, -0.25) is 4.72 Å². The zero-order valence-corrected chi connectivity index (χ0v) is 18.4. The summed E-state index contributed by atoms with van der Waals surface area (Å²) in [5.74, 6) is 0.212. The molecule has 1 aromatic heterocycles. The van der Waals surface area contributed by atoms with Gasteiger partial charge in [0.2, 0.25) is 0 Å². The van der Waals surface area contributed by atoms with Crippen molar-refractivity contribution in [2.45, 2.75) is 11.8 Å². The molecule has 0 saturated carbocycles. The number of nitrogens with one attached hydrogen (secondary N) is 2. The lowest BCUT2D eigenvalue weighted by atomic mass is 10.2. The van der Waals surface area contributed by atoms with E-state index in [1.807, 2.05) is 31.2 Å². The molecular formula is C22H28N6O3S. The van der Waals surface area contributed by atoms with Crippen molar-refractivity contribution in [1.82, 2.24) is 14.9 Å². The van der Waals surface area contributed by atoms with Gasteiger partial charge in [0.1, 0.15) is 12.1 Å². The summed E-state index contributed by atoms with van der Waals surface area (Å²) in [6.45, 7) is 4.43. The van der Waals surface area contributed by atoms with Crippen LogP contribution >= 0.6 is 0 Å². The summed E-state index contributed by atoms with van der Waals surface area (Å²) in [5, 5.41) is 2.96. The maximum Gasteiger partial charge on any atom is 0.321 e. The summed E-state index contributed by atoms with van der Waals surface area (Å²) >= 11 is 0. The minimum Gasteiger partial charge on any atom is -0.368 e. The predicted octanol–water partition coefficient (Wildman–Crippen LogP) is 3.43. The molecule has 0 unspecified atom stereocenters. The Morgan fingerprint density at radius 3 is 2.38 bits per heavy atom. The van der Waals surface area contributed by atoms with E-state index in [0.29, 0.717) is 26.2 Å². The molecule has 9 nitrogen and oxygen atoms in total. The molecule has 0 radical (unpaired) electrons. The number of rotatable bonds is 5. The third-order valence-corrected chi connectivity index (χ3v) is 6.66. The highest BCUT2D eigenvalue weighted by Crippen LogP contribution is 2.21. The minimum absolute atomic E-state index is 0. The molecule has 0 aliphatic carbocycles. The summed E-state index contributed by atoms with van der Waals surface area (Å²) in [7, 11) is -3.73. The van der Waals surface area contributed by atoms with Crippen molar-refractivity contribution in [3.8, 4) is 0 Å². The van der Waals surface area contributed by atoms with Gasteiger partial charge in [-0.25, -0.2) is 23.2 Å². The largest absolute Gasteiger partial charge is 0.368 e. The first kappa shape index (κ1) is 21.6. The summed E-state index contributed by atoms with van der Waals surface area (Å²) < 4.78 is 27.5. The van der Waals surface area contributed by atoms with Crippen molar-refractivity contribution in [1.29, 1.82) is 0 Å². The summed E-state index contributed by atoms with van der Waals surface area (Å²) in [6, 6.07) is 15.7. The van der Waals surface area contributed by atoms with Crippen LogP contribution in [0.4, 0.5) is 22.0 Å². The van der Waals surface area contributed by atoms with Crippen LogP contribution in [0.3, 0.4) is 0 Å². The number of aryl methyl sites for hydroxylation is 1. The average molecular weight is 457 g/mol. The number of amides is 2. The van der Waals surface area contributed by atoms with E-state index in [-0.39, 0.29) is 19.6 Å². The molecule has 0 atom stereocenters. The third-order valence-electron chi connectivity index (χ3n) is 5.29. The van der Waals surface area contributed by atoms with Crippen LogP contribution in [0.15, 0.2) is 72.0 Å². The molecule has 2 N–H and O–H groups in total. The van der Waals surface area contributed by atoms with Crippen molar-refractivity contribution in [2.24, 2.45) is 0 Å². The fourth-order valence-corrected chi connectivity index (χ4v) is 4.47. The Morgan fingerprint density at radius 2 is 1.72 bits per heavy atom. The summed E-state index contributed by atoms with van der Waals surface area (Å²) in [4.78, 5) is 24.3. The summed E-state index contributed by atoms with van der Waals surface area (Å²) in [6.07, 6.45) is 2.75. The Bertz CT molecular complexity index is 1190. The molecule has 10 heteroatoms. The van der Waals surface area contributed by atoms with Gasteiger partial charge in [-0.05, 0) is 48.9 Å². The van der Waals surface area contributed by atoms with E-state index >= 15 is 0 Å². The Hall–Kier alpha value is -3.66. The number of hydrogen-bond acceptors (Lipinski definition) is 6. The Morgan fingerprint density at radius 1 is 1.00 bits per heavy atom. The monoisotopic (exact) mass is 456 g/mol. The normalized spacial score (nSPS) is 14.2. The molecule has 0 bridgehead atoms. The number of sulfonamides is 1. The average Bonchev–Trinajstić information content (AvgIpc) is 2.81. The van der Waals surface area contributed by atoms with Crippen LogP contribution in [0, 0.1) is 6.92 Å². The van der Waals surface area contributed by atoms with Crippen LogP contribution in [-0.2, 0) is 10.0 Å². The van der Waals surface area contributed by atoms with E-state index in [2.05, 4.69) is 24.9 Å². The Labute approximate surface area is 190 Å². The van der Waals surface area contributed by atoms with Crippen LogP contribution in [0.1, 0.15) is 8.42 Å². The first-order valence-electron chi connectivity index (χ1n) is 10.2. The Kier molecular flexibility index (Phi) is 6.22. The lowest BCUT2D eigenvalue weighted by Crippen LogP contribution is -2.50. The topological polar surface area (TPSA) is 108 Å². The van der Waals surface area contributed by atoms with Gasteiger partial charge in [0, 0.05) is 46.6 Å². The van der Waals surface area contributed by atoms with Crippen LogP contribution in [0.5, 0.6) is 0 Å². The Balaban J connectivity index is 0.00000204. The van der Waals surface area contributed by atoms with Crippen LogP contribution in [-0.4, -0.2) is 55.5 Å². The highest BCUT2D eigenvalue weighted by Gasteiger charge is 2.22. The molecule has 1 fully saturated rings. The van der Waals surface area contributed by atoms with Gasteiger partial charge in [-0.2, -0.15) is 0 Å². The number of piperazine rings is 1. The van der Waals surface area contributed by atoms with Crippen LogP contribution in [0.2, 0.25) is 0 Å². The van der Waals surface area contributed by atoms with E-state index in [0.717, 1.165) is 16.9 Å². The first-order chi connectivity index (χ1) is 15.4. The maximum absolute atomic E-state index is 12.6. The molecule has 2 heterocycles. The van der Waals surface area contributed by atoms with Crippen molar-refractivity contribution in [3.63, 3.8) is 0 Å². The van der Waals surface area contributed by atoms with E-state index < -0.39 is 10.0 Å². The minimum atomic E-state index is -3.73. The number of urea groups is 1. The van der Waals surface area contributed by atoms with Gasteiger partial charge in [0.15, 0.2) is 0 Å². The van der Waals surface area contributed by atoms with Gasteiger partial charge < -0.3 is 15.1 Å². The quantitative estimate of drug-likeness (QED) is 0.609. The standard InChI is InChI=1S/C22H24N6O3S.2H2/c1-17-4-2-3-5-20(17)25-22(29)28-14-12-27(13-15-28)18-6-8-19(9-7-18)32(30,31)26-21-10-11-23-16-24-21;;/h2-11,16H,12-15H2,1H3,(H,25,29)(H,23,24,26);2*1H. The SMILES string of the molecule is Cc1ccccc1NC(=O)N1CCN(c2ccc(S(=O)(=O)Nc3ccncn3)cc2)CC1.[HH].[HH]. The van der Waals surface area contributed by atoms with Crippen LogP contribution < -0.4 is 14.9 Å². The number of anilines is 3. The number of benzene rings is 2. The molecule has 1 saturated heterocycles. The number of carbonyl (C=O) groups excluding carboxylic acids is 1. The molecule has 3 aromatic rings. The van der Waals surface area contributed by atoms with Crippen LogP contribution in [0.25, 0.3) is 0 Å². The first-order valence-corrected chi connectivity index (χ1v) is 11.7. The highest BCUT2D eigenvalue weighted by molar-refractivity contribution is 7.92. The smallest absolute Gasteiger partial charge is 0.321 e. The number of nitrogens with zero attached hydrogens (tertiary/aromatic N) is 4. The number of hydrogen-bond donors (Lipinski definition) is 2. The fraction of sp³-hybridized carbons (Fsp3) is 0.227. The molecular weight excluding hydrogens is 428 g/mol.